The lowest BCUT2D eigenvalue weighted by Crippen LogP contribution is -2.23. The fraction of sp³-hybridized carbons (Fsp3) is 0.720. The largest absolute Gasteiger partial charge is 0.508 e. The van der Waals surface area contributed by atoms with Crippen LogP contribution in [0.4, 0.5) is 0 Å². The van der Waals surface area contributed by atoms with Crippen molar-refractivity contribution < 1.29 is 14.6 Å². The molecule has 0 aliphatic carbocycles. The Morgan fingerprint density at radius 2 is 1.43 bits per heavy atom. The summed E-state index contributed by atoms with van der Waals surface area (Å²) >= 11 is 0. The molecule has 0 bridgehead atoms. The van der Waals surface area contributed by atoms with E-state index < -0.39 is 0 Å². The van der Waals surface area contributed by atoms with Gasteiger partial charge in [0.15, 0.2) is 0 Å². The zero-order valence-corrected chi connectivity index (χ0v) is 19.1. The van der Waals surface area contributed by atoms with Crippen LogP contribution in [0.5, 0.6) is 5.75 Å². The quantitative estimate of drug-likeness (QED) is 0.294. The maximum Gasteiger partial charge on any atom is 0.293 e. The molecule has 1 rings (SSSR count). The second kappa shape index (κ2) is 11.5. The first-order valence-corrected chi connectivity index (χ1v) is 11.0. The van der Waals surface area contributed by atoms with Crippen molar-refractivity contribution >= 4 is 6.47 Å². The van der Waals surface area contributed by atoms with Crippen LogP contribution in [0.1, 0.15) is 103 Å². The van der Waals surface area contributed by atoms with Crippen LogP contribution < -0.4 is 0 Å². The number of carbonyl (C=O) groups is 1. The van der Waals surface area contributed by atoms with Crippen LogP contribution in [0.25, 0.3) is 0 Å². The van der Waals surface area contributed by atoms with Crippen molar-refractivity contribution in [2.75, 3.05) is 0 Å². The predicted octanol–water partition coefficient (Wildman–Crippen LogP) is 6.90. The number of carbonyl (C=O) groups excluding carboxylic acids is 1. The van der Waals surface area contributed by atoms with Gasteiger partial charge in [0.05, 0.1) is 0 Å². The fourth-order valence-electron chi connectivity index (χ4n) is 3.65. The Bertz CT molecular complexity index is 597. The van der Waals surface area contributed by atoms with Gasteiger partial charge in [0, 0.05) is 0 Å². The van der Waals surface area contributed by atoms with Crippen LogP contribution in [-0.2, 0) is 22.4 Å². The van der Waals surface area contributed by atoms with E-state index in [-0.39, 0.29) is 5.60 Å². The lowest BCUT2D eigenvalue weighted by atomic mass is 9.89. The number of hydrogen-bond donors (Lipinski definition) is 1. The third kappa shape index (κ3) is 10.1. The van der Waals surface area contributed by atoms with Crippen LogP contribution in [0, 0.1) is 12.3 Å². The number of aromatic hydroxyl groups is 1. The molecule has 0 saturated carbocycles. The first kappa shape index (κ1) is 24.5. The van der Waals surface area contributed by atoms with Gasteiger partial charge < -0.3 is 9.84 Å². The van der Waals surface area contributed by atoms with E-state index in [4.69, 9.17) is 4.74 Å². The summed E-state index contributed by atoms with van der Waals surface area (Å²) in [5, 5.41) is 10.4. The number of unbranched alkanes of at least 4 members (excludes halogenated alkanes) is 4. The van der Waals surface area contributed by atoms with E-state index >= 15 is 0 Å². The van der Waals surface area contributed by atoms with Gasteiger partial charge in [-0.15, -0.1) is 0 Å². The SMILES string of the molecule is Cc1cc(CCCCCC(C)(C)OC=O)c(O)cc1CCCCCC(C)(C)C. The van der Waals surface area contributed by atoms with Gasteiger partial charge in [-0.05, 0) is 93.9 Å². The predicted molar refractivity (Wildman–Crippen MR) is 118 cm³/mol. The molecule has 3 nitrogen and oxygen atoms in total. The average molecular weight is 391 g/mol. The number of benzene rings is 1. The minimum Gasteiger partial charge on any atom is -0.508 e. The molecule has 160 valence electrons. The van der Waals surface area contributed by atoms with Crippen LogP contribution in [-0.4, -0.2) is 17.2 Å². The molecular weight excluding hydrogens is 348 g/mol. The highest BCUT2D eigenvalue weighted by Crippen LogP contribution is 2.27. The van der Waals surface area contributed by atoms with Crippen molar-refractivity contribution in [3.05, 3.63) is 28.8 Å². The van der Waals surface area contributed by atoms with Crippen LogP contribution in [0.15, 0.2) is 12.1 Å². The molecule has 0 fully saturated rings. The average Bonchev–Trinajstić information content (AvgIpc) is 2.56. The Balaban J connectivity index is 2.39. The molecule has 0 spiro atoms. The third-order valence-corrected chi connectivity index (χ3v) is 5.50. The maximum absolute atomic E-state index is 10.5. The van der Waals surface area contributed by atoms with Gasteiger partial charge in [-0.1, -0.05) is 46.1 Å². The van der Waals surface area contributed by atoms with E-state index in [0.29, 0.717) is 17.6 Å². The molecule has 0 aliphatic rings. The van der Waals surface area contributed by atoms with E-state index in [1.165, 1.54) is 36.8 Å². The van der Waals surface area contributed by atoms with Crippen molar-refractivity contribution in [2.24, 2.45) is 5.41 Å². The molecule has 1 aromatic carbocycles. The van der Waals surface area contributed by atoms with Crippen molar-refractivity contribution in [1.82, 2.24) is 0 Å². The first-order valence-electron chi connectivity index (χ1n) is 11.0. The number of ether oxygens (including phenoxy) is 1. The number of phenolic OH excluding ortho intramolecular Hbond substituents is 1. The summed E-state index contributed by atoms with van der Waals surface area (Å²) in [6.45, 7) is 13.5. The zero-order valence-electron chi connectivity index (χ0n) is 19.1. The summed E-state index contributed by atoms with van der Waals surface area (Å²) in [7, 11) is 0. The lowest BCUT2D eigenvalue weighted by molar-refractivity contribution is -0.140. The van der Waals surface area contributed by atoms with Gasteiger partial charge in [-0.2, -0.15) is 0 Å². The molecule has 0 saturated heterocycles. The summed E-state index contributed by atoms with van der Waals surface area (Å²) in [5.41, 5.74) is 3.67. The van der Waals surface area contributed by atoms with Gasteiger partial charge >= 0.3 is 0 Å². The fourth-order valence-corrected chi connectivity index (χ4v) is 3.65. The van der Waals surface area contributed by atoms with Crippen LogP contribution in [0.3, 0.4) is 0 Å². The Morgan fingerprint density at radius 3 is 2.00 bits per heavy atom. The number of hydrogen-bond acceptors (Lipinski definition) is 3. The minimum atomic E-state index is -0.380. The van der Waals surface area contributed by atoms with E-state index in [9.17, 15) is 9.90 Å². The zero-order chi connectivity index (χ0) is 21.2. The first-order chi connectivity index (χ1) is 13.0. The van der Waals surface area contributed by atoms with Gasteiger partial charge in [0.25, 0.3) is 6.47 Å². The standard InChI is InChI=1S/C25H42O3/c1-20-17-22(14-10-8-12-16-25(5,6)28-19-26)23(27)18-21(20)13-9-7-11-15-24(2,3)4/h17-19,27H,7-16H2,1-6H3. The molecule has 0 aliphatic heterocycles. The highest BCUT2D eigenvalue weighted by Gasteiger charge is 2.17. The normalized spacial score (nSPS) is 12.2. The molecule has 0 heterocycles. The van der Waals surface area contributed by atoms with Gasteiger partial charge in [0.1, 0.15) is 11.4 Å². The second-order valence-corrected chi connectivity index (χ2v) is 10.1. The molecule has 0 amide bonds. The Kier molecular flexibility index (Phi) is 10.1. The molecule has 28 heavy (non-hydrogen) atoms. The molecular formula is C25H42O3. The van der Waals surface area contributed by atoms with Crippen molar-refractivity contribution in [2.45, 2.75) is 111 Å². The number of aryl methyl sites for hydroxylation is 3. The van der Waals surface area contributed by atoms with Gasteiger partial charge in [-0.3, -0.25) is 4.79 Å². The number of phenols is 1. The monoisotopic (exact) mass is 390 g/mol. The van der Waals surface area contributed by atoms with Crippen LogP contribution in [0.2, 0.25) is 0 Å². The molecule has 1 aromatic rings. The van der Waals surface area contributed by atoms with Crippen LogP contribution >= 0.6 is 0 Å². The molecule has 1 N–H and O–H groups in total. The van der Waals surface area contributed by atoms with Crippen molar-refractivity contribution in [3.63, 3.8) is 0 Å². The van der Waals surface area contributed by atoms with Crippen molar-refractivity contribution in [3.8, 4) is 5.75 Å². The summed E-state index contributed by atoms with van der Waals surface area (Å²) in [5.74, 6) is 0.444. The van der Waals surface area contributed by atoms with Crippen molar-refractivity contribution in [1.29, 1.82) is 0 Å². The van der Waals surface area contributed by atoms with E-state index in [2.05, 4.69) is 33.8 Å². The summed E-state index contributed by atoms with van der Waals surface area (Å²) in [6.07, 6.45) is 10.9. The lowest BCUT2D eigenvalue weighted by Gasteiger charge is -2.22. The summed E-state index contributed by atoms with van der Waals surface area (Å²) < 4.78 is 5.09. The summed E-state index contributed by atoms with van der Waals surface area (Å²) in [4.78, 5) is 10.5. The topological polar surface area (TPSA) is 46.5 Å². The van der Waals surface area contributed by atoms with E-state index in [0.717, 1.165) is 44.1 Å². The molecule has 0 unspecified atom stereocenters. The van der Waals surface area contributed by atoms with Gasteiger partial charge in [-0.25, -0.2) is 0 Å². The highest BCUT2D eigenvalue weighted by molar-refractivity contribution is 5.41. The smallest absolute Gasteiger partial charge is 0.293 e. The third-order valence-electron chi connectivity index (χ3n) is 5.50. The molecule has 0 aromatic heterocycles. The molecule has 3 heteroatoms. The highest BCUT2D eigenvalue weighted by atomic mass is 16.5. The minimum absolute atomic E-state index is 0.380. The Labute approximate surface area is 172 Å². The molecule has 0 radical (unpaired) electrons. The molecule has 0 atom stereocenters. The Hall–Kier alpha value is -1.51. The second-order valence-electron chi connectivity index (χ2n) is 10.1. The maximum atomic E-state index is 10.5. The summed E-state index contributed by atoms with van der Waals surface area (Å²) in [6, 6.07) is 4.15. The van der Waals surface area contributed by atoms with Gasteiger partial charge in [0.2, 0.25) is 0 Å². The van der Waals surface area contributed by atoms with E-state index in [1.807, 2.05) is 19.9 Å². The number of rotatable bonds is 13. The Morgan fingerprint density at radius 1 is 0.857 bits per heavy atom. The van der Waals surface area contributed by atoms with E-state index in [1.54, 1.807) is 0 Å².